The van der Waals surface area contributed by atoms with E-state index >= 15 is 0 Å². The van der Waals surface area contributed by atoms with Crippen LogP contribution >= 0.6 is 23.2 Å². The second kappa shape index (κ2) is 3.51. The molecule has 0 bridgehead atoms. The molecule has 0 aromatic carbocycles. The van der Waals surface area contributed by atoms with E-state index in [1.807, 2.05) is 0 Å². The lowest BCUT2D eigenvalue weighted by Gasteiger charge is -1.79. The second-order valence-electron chi connectivity index (χ2n) is 0.806. The average Bonchev–Trinajstić information content (AvgIpc) is 1.65. The van der Waals surface area contributed by atoms with E-state index in [0.717, 1.165) is 0 Å². The largest absolute Gasteiger partial charge is 0.0917 e. The molecule has 0 saturated heterocycles. The van der Waals surface area contributed by atoms with Crippen LogP contribution in [0.2, 0.25) is 0 Å². The molecule has 0 N–H and O–H groups in total. The highest BCUT2D eigenvalue weighted by Gasteiger charge is 1.78. The van der Waals surface area contributed by atoms with Crippen molar-refractivity contribution in [1.29, 1.82) is 0 Å². The van der Waals surface area contributed by atoms with Gasteiger partial charge in [-0.25, -0.2) is 0 Å². The van der Waals surface area contributed by atoms with Gasteiger partial charge in [0, 0.05) is 10.6 Å². The summed E-state index contributed by atoms with van der Waals surface area (Å²) in [5, 5.41) is 0.594. The van der Waals surface area contributed by atoms with Crippen LogP contribution in [-0.4, -0.2) is 0 Å². The molecule has 0 unspecified atom stereocenters. The zero-order valence-electron chi connectivity index (χ0n) is 3.25. The predicted octanol–water partition coefficient (Wildman–Crippen LogP) is 2.53. The first kappa shape index (κ1) is 6.32. The van der Waals surface area contributed by atoms with Gasteiger partial charge >= 0.3 is 0 Å². The first-order valence-corrected chi connectivity index (χ1v) is 2.36. The van der Waals surface area contributed by atoms with Gasteiger partial charge in [0.1, 0.15) is 0 Å². The Balaban J connectivity index is 3.22. The van der Waals surface area contributed by atoms with Crippen molar-refractivity contribution >= 4 is 23.2 Å². The smallest absolute Gasteiger partial charge is 0.0293 e. The third-order valence-corrected chi connectivity index (χ3v) is 1.03. The van der Waals surface area contributed by atoms with E-state index in [-0.39, 0.29) is 0 Å². The number of hydrogen-bond acceptors (Lipinski definition) is 0. The molecule has 35 valence electrons. The van der Waals surface area contributed by atoms with Crippen molar-refractivity contribution in [2.24, 2.45) is 0 Å². The molecule has 1 radical (unpaired) electrons. The van der Waals surface area contributed by atoms with Gasteiger partial charge in [-0.1, -0.05) is 23.2 Å². The summed E-state index contributed by atoms with van der Waals surface area (Å²) in [6, 6.07) is 0. The molecule has 0 heterocycles. The van der Waals surface area contributed by atoms with E-state index in [1.165, 1.54) is 5.54 Å². The van der Waals surface area contributed by atoms with Crippen molar-refractivity contribution in [2.75, 3.05) is 0 Å². The average molecular weight is 124 g/mol. The molecule has 0 aromatic heterocycles. The highest BCUT2D eigenvalue weighted by molar-refractivity contribution is 6.36. The topological polar surface area (TPSA) is 0 Å². The Morgan fingerprint density at radius 2 is 2.33 bits per heavy atom. The maximum Gasteiger partial charge on any atom is 0.0293 e. The Kier molecular flexibility index (Phi) is 3.70. The lowest BCUT2D eigenvalue weighted by atomic mass is 10.5. The highest BCUT2D eigenvalue weighted by Crippen LogP contribution is 2.05. The van der Waals surface area contributed by atoms with Crippen LogP contribution in [0.25, 0.3) is 0 Å². The molecule has 6 heavy (non-hydrogen) atoms. The summed E-state index contributed by atoms with van der Waals surface area (Å²) >= 11 is 10.4. The van der Waals surface area contributed by atoms with Gasteiger partial charge in [-0.3, -0.25) is 0 Å². The maximum absolute atomic E-state index is 5.32. The molecule has 0 saturated carbocycles. The molecule has 0 aliphatic heterocycles. The molecule has 0 aliphatic rings. The van der Waals surface area contributed by atoms with Crippen LogP contribution in [0.1, 0.15) is 6.42 Å². The second-order valence-corrected chi connectivity index (χ2v) is 1.51. The predicted molar refractivity (Wildman–Crippen MR) is 29.8 cm³/mol. The zero-order chi connectivity index (χ0) is 4.99. The molecule has 0 fully saturated rings. The Morgan fingerprint density at radius 3 is 2.33 bits per heavy atom. The minimum absolute atomic E-state index is 0.574. The highest BCUT2D eigenvalue weighted by atomic mass is 35.5. The monoisotopic (exact) mass is 123 g/mol. The van der Waals surface area contributed by atoms with Gasteiger partial charge in [0.2, 0.25) is 0 Å². The molecule has 0 amide bonds. The van der Waals surface area contributed by atoms with Crippen molar-refractivity contribution in [3.8, 4) is 0 Å². The van der Waals surface area contributed by atoms with Crippen molar-refractivity contribution < 1.29 is 0 Å². The quantitative estimate of drug-likeness (QED) is 0.503. The third-order valence-electron chi connectivity index (χ3n) is 0.357. The van der Waals surface area contributed by atoms with Crippen LogP contribution in [0.3, 0.4) is 0 Å². The number of halogens is 2. The van der Waals surface area contributed by atoms with E-state index < -0.39 is 0 Å². The van der Waals surface area contributed by atoms with Crippen LogP contribution in [0, 0.1) is 6.92 Å². The van der Waals surface area contributed by atoms with Gasteiger partial charge in [-0.15, -0.1) is 0 Å². The molecule has 0 aromatic rings. The van der Waals surface area contributed by atoms with E-state index in [0.29, 0.717) is 11.5 Å². The molecule has 2 heteroatoms. The molecular weight excluding hydrogens is 119 g/mol. The van der Waals surface area contributed by atoms with E-state index in [1.54, 1.807) is 0 Å². The minimum Gasteiger partial charge on any atom is -0.0917 e. The minimum atomic E-state index is 0.574. The summed E-state index contributed by atoms with van der Waals surface area (Å²) < 4.78 is 0. The maximum atomic E-state index is 5.32. The van der Waals surface area contributed by atoms with E-state index in [9.17, 15) is 0 Å². The number of hydrogen-bond donors (Lipinski definition) is 0. The van der Waals surface area contributed by atoms with Crippen molar-refractivity contribution in [3.05, 3.63) is 17.5 Å². The first-order chi connectivity index (χ1) is 2.81. The SMILES string of the molecule is [CH2]CC(Cl)=CCl. The molecule has 0 nitrogen and oxygen atoms in total. The number of rotatable bonds is 1. The van der Waals surface area contributed by atoms with Crippen LogP contribution in [0.5, 0.6) is 0 Å². The van der Waals surface area contributed by atoms with Gasteiger partial charge in [-0.2, -0.15) is 0 Å². The standard InChI is InChI=1S/C4H5Cl2/c1-2-4(6)3-5/h3H,1-2H2. The first-order valence-electron chi connectivity index (χ1n) is 1.55. The van der Waals surface area contributed by atoms with E-state index in [2.05, 4.69) is 6.92 Å². The van der Waals surface area contributed by atoms with Gasteiger partial charge < -0.3 is 0 Å². The molecule has 0 rings (SSSR count). The lowest BCUT2D eigenvalue weighted by Crippen LogP contribution is -1.57. The normalized spacial score (nSPS) is 12.2. The fourth-order valence-electron chi connectivity index (χ4n) is 0.0546. The molecular formula is C4H5Cl2. The van der Waals surface area contributed by atoms with Crippen molar-refractivity contribution in [2.45, 2.75) is 6.42 Å². The summed E-state index contributed by atoms with van der Waals surface area (Å²) in [6.45, 7) is 3.47. The Labute approximate surface area is 47.8 Å². The van der Waals surface area contributed by atoms with Gasteiger partial charge in [0.05, 0.1) is 0 Å². The summed E-state index contributed by atoms with van der Waals surface area (Å²) in [6.07, 6.45) is 0.574. The lowest BCUT2D eigenvalue weighted by molar-refractivity contribution is 1.37. The summed E-state index contributed by atoms with van der Waals surface area (Å²) in [5.41, 5.74) is 1.31. The van der Waals surface area contributed by atoms with Crippen LogP contribution in [-0.2, 0) is 0 Å². The van der Waals surface area contributed by atoms with Crippen molar-refractivity contribution in [1.82, 2.24) is 0 Å². The molecule has 0 spiro atoms. The van der Waals surface area contributed by atoms with Gasteiger partial charge in [0.25, 0.3) is 0 Å². The van der Waals surface area contributed by atoms with Crippen LogP contribution < -0.4 is 0 Å². The Morgan fingerprint density at radius 1 is 1.83 bits per heavy atom. The summed E-state index contributed by atoms with van der Waals surface area (Å²) in [4.78, 5) is 0. The fourth-order valence-corrected chi connectivity index (χ4v) is 0.164. The van der Waals surface area contributed by atoms with Gasteiger partial charge in [-0.05, 0) is 13.3 Å². The van der Waals surface area contributed by atoms with Crippen LogP contribution in [0.4, 0.5) is 0 Å². The fraction of sp³-hybridized carbons (Fsp3) is 0.250. The summed E-state index contributed by atoms with van der Waals surface area (Å²) in [7, 11) is 0. The molecule has 0 aliphatic carbocycles. The Hall–Kier alpha value is 0.320. The zero-order valence-corrected chi connectivity index (χ0v) is 4.76. The molecule has 0 atom stereocenters. The van der Waals surface area contributed by atoms with Gasteiger partial charge in [0.15, 0.2) is 0 Å². The van der Waals surface area contributed by atoms with Crippen LogP contribution in [0.15, 0.2) is 10.6 Å². The van der Waals surface area contributed by atoms with Crippen molar-refractivity contribution in [3.63, 3.8) is 0 Å². The third kappa shape index (κ3) is 2.55. The number of allylic oxidation sites excluding steroid dienone is 1. The summed E-state index contributed by atoms with van der Waals surface area (Å²) in [5.74, 6) is 0. The Bertz CT molecular complexity index is 56.6. The van der Waals surface area contributed by atoms with E-state index in [4.69, 9.17) is 23.2 Å².